The second-order valence-corrected chi connectivity index (χ2v) is 6.44. The molecule has 1 atom stereocenters. The fraction of sp³-hybridized carbons (Fsp3) is 0.524. The second-order valence-electron chi connectivity index (χ2n) is 6.44. The molecule has 0 aliphatic carbocycles. The van der Waals surface area contributed by atoms with Crippen LogP contribution >= 0.6 is 0 Å². The van der Waals surface area contributed by atoms with Crippen LogP contribution in [0.1, 0.15) is 44.9 Å². The zero-order chi connectivity index (χ0) is 19.3. The van der Waals surface area contributed by atoms with Gasteiger partial charge in [-0.15, -0.1) is 0 Å². The van der Waals surface area contributed by atoms with Crippen molar-refractivity contribution in [2.24, 2.45) is 0 Å². The van der Waals surface area contributed by atoms with Gasteiger partial charge in [0.1, 0.15) is 11.9 Å². The maximum atomic E-state index is 12.7. The number of para-hydroxylation sites is 2. The van der Waals surface area contributed by atoms with Crippen molar-refractivity contribution >= 4 is 17.6 Å². The largest absolute Gasteiger partial charge is 0.491 e. The van der Waals surface area contributed by atoms with Crippen molar-refractivity contribution < 1.29 is 23.8 Å². The Morgan fingerprint density at radius 3 is 2.93 bits per heavy atom. The van der Waals surface area contributed by atoms with E-state index in [1.165, 1.54) is 7.11 Å². The number of unbranched alkanes of at least 4 members (excludes halogenated alkanes) is 2. The predicted molar refractivity (Wildman–Crippen MR) is 104 cm³/mol. The third-order valence-electron chi connectivity index (χ3n) is 4.35. The number of amides is 1. The number of hydrogen-bond acceptors (Lipinski definition) is 5. The minimum absolute atomic E-state index is 0.174. The summed E-state index contributed by atoms with van der Waals surface area (Å²) < 4.78 is 16.2. The molecule has 1 aliphatic heterocycles. The predicted octanol–water partition coefficient (Wildman–Crippen LogP) is 3.86. The molecule has 0 radical (unpaired) electrons. The molecular formula is C21H29NO5. The topological polar surface area (TPSA) is 73.9 Å². The average molecular weight is 375 g/mol. The SMILES string of the molecule is COC(=O)CCCCCC1OCC=CCCCOc2ccccc2NC1=O. The zero-order valence-electron chi connectivity index (χ0n) is 15.9. The Balaban J connectivity index is 1.95. The molecule has 0 spiro atoms. The molecule has 1 N–H and O–H groups in total. The summed E-state index contributed by atoms with van der Waals surface area (Å²) in [5, 5.41) is 2.93. The van der Waals surface area contributed by atoms with Crippen LogP contribution in [0.25, 0.3) is 0 Å². The number of nitrogens with one attached hydrogen (secondary N) is 1. The van der Waals surface area contributed by atoms with Crippen molar-refractivity contribution in [3.8, 4) is 5.75 Å². The number of ether oxygens (including phenoxy) is 3. The summed E-state index contributed by atoms with van der Waals surface area (Å²) in [6.07, 6.45) is 8.67. The van der Waals surface area contributed by atoms with Gasteiger partial charge in [-0.05, 0) is 37.8 Å². The summed E-state index contributed by atoms with van der Waals surface area (Å²) in [4.78, 5) is 23.9. The summed E-state index contributed by atoms with van der Waals surface area (Å²) in [6, 6.07) is 7.44. The minimum Gasteiger partial charge on any atom is -0.491 e. The third kappa shape index (κ3) is 7.83. The third-order valence-corrected chi connectivity index (χ3v) is 4.35. The summed E-state index contributed by atoms with van der Waals surface area (Å²) >= 11 is 0. The van der Waals surface area contributed by atoms with E-state index in [2.05, 4.69) is 16.1 Å². The molecule has 1 amide bonds. The zero-order valence-corrected chi connectivity index (χ0v) is 15.9. The van der Waals surface area contributed by atoms with E-state index in [1.807, 2.05) is 30.3 Å². The molecule has 0 aromatic heterocycles. The number of anilines is 1. The Hall–Kier alpha value is -2.34. The van der Waals surface area contributed by atoms with Gasteiger partial charge in [-0.3, -0.25) is 9.59 Å². The van der Waals surface area contributed by atoms with Crippen molar-refractivity contribution in [2.45, 2.75) is 51.0 Å². The number of esters is 1. The number of carbonyl (C=O) groups excluding carboxylic acids is 2. The monoisotopic (exact) mass is 375 g/mol. The van der Waals surface area contributed by atoms with Crippen LogP contribution in [0.2, 0.25) is 0 Å². The van der Waals surface area contributed by atoms with Crippen LogP contribution in [0.3, 0.4) is 0 Å². The molecule has 1 aromatic rings. The lowest BCUT2D eigenvalue weighted by Crippen LogP contribution is -2.31. The highest BCUT2D eigenvalue weighted by Gasteiger charge is 2.20. The van der Waals surface area contributed by atoms with E-state index in [0.717, 1.165) is 32.1 Å². The Morgan fingerprint density at radius 2 is 2.07 bits per heavy atom. The van der Waals surface area contributed by atoms with Crippen LogP contribution in [0, 0.1) is 0 Å². The van der Waals surface area contributed by atoms with Crippen molar-refractivity contribution in [3.63, 3.8) is 0 Å². The van der Waals surface area contributed by atoms with E-state index in [1.54, 1.807) is 0 Å². The van der Waals surface area contributed by atoms with E-state index in [0.29, 0.717) is 37.5 Å². The Labute approximate surface area is 160 Å². The van der Waals surface area contributed by atoms with E-state index < -0.39 is 6.10 Å². The van der Waals surface area contributed by atoms with Crippen LogP contribution < -0.4 is 10.1 Å². The van der Waals surface area contributed by atoms with Gasteiger partial charge in [0, 0.05) is 6.42 Å². The van der Waals surface area contributed by atoms with Gasteiger partial charge in [0.05, 0.1) is 26.0 Å². The number of rotatable bonds is 6. The first kappa shape index (κ1) is 21.0. The molecule has 1 unspecified atom stereocenters. The molecule has 1 aliphatic rings. The summed E-state index contributed by atoms with van der Waals surface area (Å²) in [7, 11) is 1.39. The van der Waals surface area contributed by atoms with E-state index in [-0.39, 0.29) is 11.9 Å². The lowest BCUT2D eigenvalue weighted by Gasteiger charge is -2.18. The van der Waals surface area contributed by atoms with Gasteiger partial charge in [-0.25, -0.2) is 0 Å². The standard InChI is InChI=1S/C21H29NO5/c1-25-20(23)14-6-4-5-13-19-21(24)22-17-11-7-8-12-18(17)26-15-9-2-3-10-16-27-19/h3,7-8,10-12,19H,2,4-6,9,13-16H2,1H3,(H,22,24). The van der Waals surface area contributed by atoms with Crippen molar-refractivity contribution in [1.82, 2.24) is 0 Å². The number of allylic oxidation sites excluding steroid dienone is 1. The van der Waals surface area contributed by atoms with Gasteiger partial charge in [-0.1, -0.05) is 37.1 Å². The lowest BCUT2D eigenvalue weighted by molar-refractivity contribution is -0.140. The van der Waals surface area contributed by atoms with Crippen LogP contribution in [0.15, 0.2) is 36.4 Å². The molecule has 1 aromatic carbocycles. The van der Waals surface area contributed by atoms with Crippen molar-refractivity contribution in [3.05, 3.63) is 36.4 Å². The Bertz CT molecular complexity index is 629. The summed E-state index contributed by atoms with van der Waals surface area (Å²) in [5.74, 6) is 0.297. The summed E-state index contributed by atoms with van der Waals surface area (Å²) in [5.41, 5.74) is 0.661. The molecule has 6 heteroatoms. The maximum absolute atomic E-state index is 12.7. The minimum atomic E-state index is -0.540. The van der Waals surface area contributed by atoms with Gasteiger partial charge in [0.2, 0.25) is 0 Å². The molecule has 0 saturated carbocycles. The van der Waals surface area contributed by atoms with E-state index >= 15 is 0 Å². The molecule has 2 rings (SSSR count). The van der Waals surface area contributed by atoms with Crippen LogP contribution in [0.5, 0.6) is 5.75 Å². The van der Waals surface area contributed by atoms with Gasteiger partial charge in [-0.2, -0.15) is 0 Å². The Morgan fingerprint density at radius 1 is 1.22 bits per heavy atom. The first-order valence-corrected chi connectivity index (χ1v) is 9.57. The number of hydrogen-bond donors (Lipinski definition) is 1. The van der Waals surface area contributed by atoms with Gasteiger partial charge in [0.15, 0.2) is 0 Å². The maximum Gasteiger partial charge on any atom is 0.305 e. The fourth-order valence-electron chi connectivity index (χ4n) is 2.82. The smallest absolute Gasteiger partial charge is 0.305 e. The second kappa shape index (κ2) is 12.1. The van der Waals surface area contributed by atoms with E-state index in [9.17, 15) is 9.59 Å². The van der Waals surface area contributed by atoms with Crippen molar-refractivity contribution in [2.75, 3.05) is 25.6 Å². The molecule has 0 fully saturated rings. The molecular weight excluding hydrogens is 346 g/mol. The highest BCUT2D eigenvalue weighted by molar-refractivity contribution is 5.95. The van der Waals surface area contributed by atoms with Gasteiger partial charge < -0.3 is 19.5 Å². The number of carbonyl (C=O) groups is 2. The fourth-order valence-corrected chi connectivity index (χ4v) is 2.82. The molecule has 1 heterocycles. The highest BCUT2D eigenvalue weighted by Crippen LogP contribution is 2.25. The van der Waals surface area contributed by atoms with Crippen LogP contribution in [0.4, 0.5) is 5.69 Å². The normalized spacial score (nSPS) is 18.1. The number of methoxy groups -OCH3 is 1. The van der Waals surface area contributed by atoms with Gasteiger partial charge >= 0.3 is 5.97 Å². The molecule has 6 nitrogen and oxygen atoms in total. The first-order valence-electron chi connectivity index (χ1n) is 9.57. The van der Waals surface area contributed by atoms with E-state index in [4.69, 9.17) is 9.47 Å². The molecule has 0 bridgehead atoms. The molecule has 0 saturated heterocycles. The Kier molecular flexibility index (Phi) is 9.41. The highest BCUT2D eigenvalue weighted by atomic mass is 16.5. The van der Waals surface area contributed by atoms with Crippen molar-refractivity contribution in [1.29, 1.82) is 0 Å². The van der Waals surface area contributed by atoms with Crippen LogP contribution in [-0.2, 0) is 19.1 Å². The average Bonchev–Trinajstić information content (AvgIpc) is 2.69. The molecule has 27 heavy (non-hydrogen) atoms. The van der Waals surface area contributed by atoms with Gasteiger partial charge in [0.25, 0.3) is 5.91 Å². The first-order chi connectivity index (χ1) is 13.2. The molecule has 148 valence electrons. The lowest BCUT2D eigenvalue weighted by atomic mass is 10.1. The quantitative estimate of drug-likeness (QED) is 0.464. The van der Waals surface area contributed by atoms with Crippen LogP contribution in [-0.4, -0.2) is 38.3 Å². The summed E-state index contributed by atoms with van der Waals surface area (Å²) in [6.45, 7) is 1.00. The number of fused-ring (bicyclic) bond motifs is 1. The number of benzene rings is 1.